The third kappa shape index (κ3) is 7.92. The summed E-state index contributed by atoms with van der Waals surface area (Å²) in [7, 11) is 1.76. The van der Waals surface area contributed by atoms with Crippen LogP contribution in [0.3, 0.4) is 0 Å². The number of ether oxygens (including phenoxy) is 2. The Balaban J connectivity index is 0.00000341. The number of methoxy groups -OCH3 is 1. The molecule has 2 N–H and O–H groups in total. The van der Waals surface area contributed by atoms with Gasteiger partial charge in [0.15, 0.2) is 5.96 Å². The zero-order valence-corrected chi connectivity index (χ0v) is 20.5. The normalized spacial score (nSPS) is 14.9. The van der Waals surface area contributed by atoms with Crippen LogP contribution in [-0.4, -0.2) is 37.7 Å². The van der Waals surface area contributed by atoms with Gasteiger partial charge in [0, 0.05) is 39.1 Å². The molecule has 0 aliphatic heterocycles. The fourth-order valence-electron chi connectivity index (χ4n) is 3.52. The molecule has 0 radical (unpaired) electrons. The fourth-order valence-corrected chi connectivity index (χ4v) is 3.52. The first kappa shape index (κ1) is 25.3. The van der Waals surface area contributed by atoms with E-state index in [4.69, 9.17) is 14.5 Å². The van der Waals surface area contributed by atoms with Gasteiger partial charge in [-0.3, -0.25) is 0 Å². The third-order valence-electron chi connectivity index (χ3n) is 5.48. The molecule has 1 aliphatic rings. The number of guanidine groups is 1. The number of nitrogens with zero attached hydrogens (tertiary/aromatic N) is 2. The summed E-state index contributed by atoms with van der Waals surface area (Å²) in [6, 6.07) is 9.64. The third-order valence-corrected chi connectivity index (χ3v) is 5.48. The van der Waals surface area contributed by atoms with Gasteiger partial charge in [0.2, 0.25) is 5.88 Å². The van der Waals surface area contributed by atoms with Crippen LogP contribution >= 0.6 is 24.0 Å². The zero-order chi connectivity index (χ0) is 21.2. The second-order valence-corrected chi connectivity index (χ2v) is 7.70. The van der Waals surface area contributed by atoms with Crippen LogP contribution in [0.5, 0.6) is 11.6 Å². The highest BCUT2D eigenvalue weighted by atomic mass is 127. The Kier molecular flexibility index (Phi) is 10.5. The molecule has 31 heavy (non-hydrogen) atoms. The van der Waals surface area contributed by atoms with Crippen LogP contribution in [0.15, 0.2) is 47.6 Å². The first-order valence-electron chi connectivity index (χ1n) is 10.5. The molecule has 1 fully saturated rings. The maximum Gasteiger partial charge on any atom is 0.219 e. The van der Waals surface area contributed by atoms with Crippen LogP contribution in [0.2, 0.25) is 0 Å². The van der Waals surface area contributed by atoms with E-state index in [-0.39, 0.29) is 29.8 Å². The van der Waals surface area contributed by atoms with Crippen LogP contribution in [0, 0.1) is 11.2 Å². The second kappa shape index (κ2) is 12.8. The Hall–Kier alpha value is -1.94. The summed E-state index contributed by atoms with van der Waals surface area (Å²) in [6.07, 6.45) is 6.52. The summed E-state index contributed by atoms with van der Waals surface area (Å²) in [4.78, 5) is 8.94. The molecule has 170 valence electrons. The molecule has 0 atom stereocenters. The van der Waals surface area contributed by atoms with Crippen molar-refractivity contribution in [3.05, 3.63) is 54.0 Å². The minimum Gasteiger partial charge on any atom is -0.439 e. The average Bonchev–Trinajstić information content (AvgIpc) is 2.73. The van der Waals surface area contributed by atoms with Crippen molar-refractivity contribution in [2.75, 3.05) is 26.8 Å². The molecule has 0 amide bonds. The van der Waals surface area contributed by atoms with E-state index in [1.54, 1.807) is 25.4 Å². The van der Waals surface area contributed by atoms with Gasteiger partial charge in [-0.25, -0.2) is 14.4 Å². The Morgan fingerprint density at radius 1 is 1.19 bits per heavy atom. The number of nitrogens with one attached hydrogen (secondary N) is 2. The van der Waals surface area contributed by atoms with Crippen LogP contribution in [0.1, 0.15) is 38.2 Å². The van der Waals surface area contributed by atoms with E-state index in [0.717, 1.165) is 37.6 Å². The lowest BCUT2D eigenvalue weighted by molar-refractivity contribution is 0.0732. The lowest BCUT2D eigenvalue weighted by Gasteiger charge is -2.42. The summed E-state index contributed by atoms with van der Waals surface area (Å²) in [5.41, 5.74) is 1.30. The molecule has 6 nitrogen and oxygen atoms in total. The van der Waals surface area contributed by atoms with Crippen molar-refractivity contribution in [1.82, 2.24) is 15.6 Å². The van der Waals surface area contributed by atoms with Crippen LogP contribution in [-0.2, 0) is 11.3 Å². The van der Waals surface area contributed by atoms with Crippen molar-refractivity contribution >= 4 is 29.9 Å². The fraction of sp³-hybridized carbons (Fsp3) is 0.478. The van der Waals surface area contributed by atoms with Crippen molar-refractivity contribution in [3.63, 3.8) is 0 Å². The summed E-state index contributed by atoms with van der Waals surface area (Å²) in [5.74, 6) is 1.51. The Morgan fingerprint density at radius 2 is 1.97 bits per heavy atom. The highest BCUT2D eigenvalue weighted by molar-refractivity contribution is 14.0. The minimum atomic E-state index is -0.298. The van der Waals surface area contributed by atoms with Crippen LogP contribution in [0.25, 0.3) is 0 Å². The van der Waals surface area contributed by atoms with E-state index in [9.17, 15) is 4.39 Å². The molecule has 0 bridgehead atoms. The van der Waals surface area contributed by atoms with Crippen molar-refractivity contribution in [2.24, 2.45) is 10.4 Å². The molecule has 1 aromatic carbocycles. The van der Waals surface area contributed by atoms with E-state index < -0.39 is 0 Å². The smallest absolute Gasteiger partial charge is 0.219 e. The summed E-state index contributed by atoms with van der Waals surface area (Å²) < 4.78 is 24.0. The number of hydrogen-bond donors (Lipinski definition) is 2. The monoisotopic (exact) mass is 542 g/mol. The van der Waals surface area contributed by atoms with Crippen molar-refractivity contribution in [3.8, 4) is 11.6 Å². The predicted molar refractivity (Wildman–Crippen MR) is 132 cm³/mol. The molecule has 0 saturated heterocycles. The van der Waals surface area contributed by atoms with Crippen molar-refractivity contribution in [2.45, 2.75) is 39.2 Å². The van der Waals surface area contributed by atoms with Gasteiger partial charge in [-0.2, -0.15) is 0 Å². The quantitative estimate of drug-likeness (QED) is 0.254. The lowest BCUT2D eigenvalue weighted by atomic mass is 9.67. The van der Waals surface area contributed by atoms with Gasteiger partial charge in [-0.1, -0.05) is 6.42 Å². The average molecular weight is 542 g/mol. The lowest BCUT2D eigenvalue weighted by Crippen LogP contribution is -2.46. The molecule has 1 aliphatic carbocycles. The Bertz CT molecular complexity index is 829. The van der Waals surface area contributed by atoms with E-state index >= 15 is 0 Å². The SMILES string of the molecule is CCNC(=NCc1ccnc(Oc2ccc(F)cc2)c1)NCC1(CCOC)CCC1.I. The molecular weight excluding hydrogens is 510 g/mol. The van der Waals surface area contributed by atoms with E-state index in [2.05, 4.69) is 22.5 Å². The minimum absolute atomic E-state index is 0. The van der Waals surface area contributed by atoms with Gasteiger partial charge < -0.3 is 20.1 Å². The topological polar surface area (TPSA) is 67.8 Å². The van der Waals surface area contributed by atoms with Crippen molar-refractivity contribution < 1.29 is 13.9 Å². The highest BCUT2D eigenvalue weighted by Gasteiger charge is 2.36. The Labute approximate surface area is 201 Å². The van der Waals surface area contributed by atoms with Crippen LogP contribution in [0.4, 0.5) is 4.39 Å². The van der Waals surface area contributed by atoms with E-state index in [1.165, 1.54) is 31.4 Å². The Morgan fingerprint density at radius 3 is 2.61 bits per heavy atom. The maximum absolute atomic E-state index is 13.0. The molecular formula is C23H32FIN4O2. The summed E-state index contributed by atoms with van der Waals surface area (Å²) >= 11 is 0. The number of hydrogen-bond acceptors (Lipinski definition) is 4. The maximum atomic E-state index is 13.0. The number of benzene rings is 1. The molecule has 3 rings (SSSR count). The first-order chi connectivity index (χ1) is 14.6. The zero-order valence-electron chi connectivity index (χ0n) is 18.2. The molecule has 0 spiro atoms. The number of pyridine rings is 1. The van der Waals surface area contributed by atoms with E-state index in [1.807, 2.05) is 12.1 Å². The molecule has 1 saturated carbocycles. The summed E-state index contributed by atoms with van der Waals surface area (Å²) in [5, 5.41) is 6.82. The molecule has 0 unspecified atom stereocenters. The largest absolute Gasteiger partial charge is 0.439 e. The molecule has 8 heteroatoms. The number of aliphatic imine (C=N–C) groups is 1. The van der Waals surface area contributed by atoms with Gasteiger partial charge in [0.05, 0.1) is 6.54 Å². The highest BCUT2D eigenvalue weighted by Crippen LogP contribution is 2.43. The number of aromatic nitrogens is 1. The number of rotatable bonds is 10. The first-order valence-corrected chi connectivity index (χ1v) is 10.5. The van der Waals surface area contributed by atoms with Crippen LogP contribution < -0.4 is 15.4 Å². The van der Waals surface area contributed by atoms with E-state index in [0.29, 0.717) is 23.6 Å². The standard InChI is InChI=1S/C23H31FN4O2.HI/c1-3-25-22(28-17-23(10-4-11-23)12-14-29-2)27-16-18-9-13-26-21(15-18)30-20-7-5-19(24)6-8-20;/h5-9,13,15H,3-4,10-12,14,16-17H2,1-2H3,(H2,25,27,28);1H. The van der Waals surface area contributed by atoms with Gasteiger partial charge in [-0.05, 0) is 67.5 Å². The predicted octanol–water partition coefficient (Wildman–Crippen LogP) is 4.89. The summed E-state index contributed by atoms with van der Waals surface area (Å²) in [6.45, 7) is 5.05. The molecule has 1 heterocycles. The second-order valence-electron chi connectivity index (χ2n) is 7.70. The molecule has 1 aromatic heterocycles. The van der Waals surface area contributed by atoms with Gasteiger partial charge in [0.25, 0.3) is 0 Å². The van der Waals surface area contributed by atoms with Gasteiger partial charge in [-0.15, -0.1) is 24.0 Å². The molecule has 2 aromatic rings. The van der Waals surface area contributed by atoms with Gasteiger partial charge in [0.1, 0.15) is 11.6 Å². The van der Waals surface area contributed by atoms with Gasteiger partial charge >= 0.3 is 0 Å². The number of halogens is 2. The van der Waals surface area contributed by atoms with Crippen molar-refractivity contribution in [1.29, 1.82) is 0 Å².